The van der Waals surface area contributed by atoms with Gasteiger partial charge in [0.2, 0.25) is 16.0 Å². The summed E-state index contributed by atoms with van der Waals surface area (Å²) in [5.41, 5.74) is 2.65. The maximum Gasteiger partial charge on any atom is 0.238 e. The molecule has 1 heterocycles. The highest BCUT2D eigenvalue weighted by atomic mass is 32.2. The zero-order valence-corrected chi connectivity index (χ0v) is 16.5. The summed E-state index contributed by atoms with van der Waals surface area (Å²) in [6, 6.07) is 14.7. The van der Waals surface area contributed by atoms with Crippen LogP contribution < -0.4 is 10.5 Å². The van der Waals surface area contributed by atoms with Gasteiger partial charge in [0, 0.05) is 23.7 Å². The lowest BCUT2D eigenvalue weighted by molar-refractivity contribution is 0.597. The minimum absolute atomic E-state index is 0.00964. The van der Waals surface area contributed by atoms with E-state index in [0.717, 1.165) is 5.56 Å². The van der Waals surface area contributed by atoms with Crippen molar-refractivity contribution in [2.24, 2.45) is 5.14 Å². The largest absolute Gasteiger partial charge is 0.324 e. The monoisotopic (exact) mass is 418 g/mol. The Kier molecular flexibility index (Phi) is 5.45. The summed E-state index contributed by atoms with van der Waals surface area (Å²) in [7, 11) is -6.89. The second-order valence-corrected chi connectivity index (χ2v) is 9.93. The molecule has 3 aromatic rings. The first-order valence-corrected chi connectivity index (χ1v) is 11.7. The van der Waals surface area contributed by atoms with Gasteiger partial charge in [-0.05, 0) is 42.0 Å². The van der Waals surface area contributed by atoms with Gasteiger partial charge in [-0.3, -0.25) is 0 Å². The zero-order chi connectivity index (χ0) is 20.4. The summed E-state index contributed by atoms with van der Waals surface area (Å²) in [6.07, 6.45) is 2.76. The van der Waals surface area contributed by atoms with E-state index in [4.69, 9.17) is 5.14 Å². The minimum Gasteiger partial charge on any atom is -0.324 e. The Hall–Kier alpha value is -2.82. The zero-order valence-electron chi connectivity index (χ0n) is 14.9. The molecule has 0 amide bonds. The van der Waals surface area contributed by atoms with Crippen molar-refractivity contribution in [3.63, 3.8) is 0 Å². The van der Waals surface area contributed by atoms with Crippen molar-refractivity contribution < 1.29 is 16.8 Å². The number of anilines is 2. The van der Waals surface area contributed by atoms with Gasteiger partial charge in [-0.1, -0.05) is 18.2 Å². The van der Waals surface area contributed by atoms with Gasteiger partial charge in [-0.25, -0.2) is 31.9 Å². The maximum absolute atomic E-state index is 11.5. The van der Waals surface area contributed by atoms with Crippen LogP contribution >= 0.6 is 0 Å². The van der Waals surface area contributed by atoms with Gasteiger partial charge < -0.3 is 5.32 Å². The van der Waals surface area contributed by atoms with E-state index in [2.05, 4.69) is 15.3 Å². The van der Waals surface area contributed by atoms with Crippen molar-refractivity contribution in [2.75, 3.05) is 11.6 Å². The Morgan fingerprint density at radius 2 is 1.71 bits per heavy atom. The van der Waals surface area contributed by atoms with Gasteiger partial charge >= 0.3 is 0 Å². The molecule has 0 aliphatic carbocycles. The summed E-state index contributed by atoms with van der Waals surface area (Å²) in [5, 5.41) is 8.08. The first kappa shape index (κ1) is 19.9. The molecule has 0 saturated heterocycles. The highest BCUT2D eigenvalue weighted by Gasteiger charge is 2.09. The van der Waals surface area contributed by atoms with E-state index in [1.54, 1.807) is 42.6 Å². The minimum atomic E-state index is -3.75. The van der Waals surface area contributed by atoms with E-state index in [-0.39, 0.29) is 10.6 Å². The molecule has 0 radical (unpaired) electrons. The third kappa shape index (κ3) is 5.35. The number of sulfone groups is 1. The molecule has 3 N–H and O–H groups in total. The number of primary sulfonamides is 1. The van der Waals surface area contributed by atoms with Crippen LogP contribution in [-0.2, 0) is 25.6 Å². The molecule has 0 spiro atoms. The Labute approximate surface area is 163 Å². The molecule has 0 unspecified atom stereocenters. The molecular weight excluding hydrogens is 400 g/mol. The van der Waals surface area contributed by atoms with Crippen LogP contribution in [0.1, 0.15) is 5.56 Å². The second-order valence-electron chi connectivity index (χ2n) is 6.23. The Morgan fingerprint density at radius 1 is 1.00 bits per heavy atom. The number of sulfonamides is 1. The van der Waals surface area contributed by atoms with Gasteiger partial charge in [0.15, 0.2) is 9.84 Å². The molecule has 0 aliphatic heterocycles. The lowest BCUT2D eigenvalue weighted by Gasteiger charge is -2.08. The molecule has 0 bridgehead atoms. The number of hydrogen-bond acceptors (Lipinski definition) is 7. The standard InChI is InChI=1S/C18H18N4O4S2/c1-27(23,24)12-13-3-2-4-14(11-13)17-9-10-20-18(22-17)21-15-5-7-16(8-6-15)28(19,25)26/h2-11H,12H2,1H3,(H2,19,25,26)(H,20,21,22). The van der Waals surface area contributed by atoms with Crippen LogP contribution in [0.4, 0.5) is 11.6 Å². The van der Waals surface area contributed by atoms with Gasteiger partial charge in [-0.2, -0.15) is 0 Å². The molecular formula is C18H18N4O4S2. The maximum atomic E-state index is 11.5. The number of nitrogens with one attached hydrogen (secondary N) is 1. The molecule has 10 heteroatoms. The molecule has 3 rings (SSSR count). The Balaban J connectivity index is 1.84. The third-order valence-corrected chi connectivity index (χ3v) is 5.53. The van der Waals surface area contributed by atoms with Crippen LogP contribution in [0.3, 0.4) is 0 Å². The SMILES string of the molecule is CS(=O)(=O)Cc1cccc(-c2ccnc(Nc3ccc(S(N)(=O)=O)cc3)n2)c1. The number of hydrogen-bond donors (Lipinski definition) is 2. The fraction of sp³-hybridized carbons (Fsp3) is 0.111. The summed E-state index contributed by atoms with van der Waals surface area (Å²) in [6.45, 7) is 0. The fourth-order valence-corrected chi connectivity index (χ4v) is 3.86. The van der Waals surface area contributed by atoms with Crippen LogP contribution in [0.25, 0.3) is 11.3 Å². The van der Waals surface area contributed by atoms with E-state index < -0.39 is 19.9 Å². The average Bonchev–Trinajstić information content (AvgIpc) is 2.60. The van der Waals surface area contributed by atoms with E-state index >= 15 is 0 Å². The molecule has 0 fully saturated rings. The predicted molar refractivity (Wildman–Crippen MR) is 107 cm³/mol. The summed E-state index contributed by atoms with van der Waals surface area (Å²) in [4.78, 5) is 8.59. The number of aromatic nitrogens is 2. The van der Waals surface area contributed by atoms with Crippen molar-refractivity contribution in [3.8, 4) is 11.3 Å². The topological polar surface area (TPSA) is 132 Å². The van der Waals surface area contributed by atoms with Gasteiger partial charge in [0.05, 0.1) is 16.3 Å². The Morgan fingerprint density at radius 3 is 2.36 bits per heavy atom. The fourth-order valence-electron chi connectivity index (χ4n) is 2.56. The van der Waals surface area contributed by atoms with E-state index in [9.17, 15) is 16.8 Å². The Bertz CT molecular complexity index is 1210. The quantitative estimate of drug-likeness (QED) is 0.626. The van der Waals surface area contributed by atoms with Crippen LogP contribution in [0.5, 0.6) is 0 Å². The van der Waals surface area contributed by atoms with Crippen LogP contribution in [0, 0.1) is 0 Å². The van der Waals surface area contributed by atoms with Gasteiger partial charge in [0.25, 0.3) is 0 Å². The molecule has 0 saturated carbocycles. The molecule has 146 valence electrons. The van der Waals surface area contributed by atoms with Gasteiger partial charge in [-0.15, -0.1) is 0 Å². The summed E-state index contributed by atoms with van der Waals surface area (Å²) >= 11 is 0. The van der Waals surface area contributed by atoms with Crippen molar-refractivity contribution in [1.29, 1.82) is 0 Å². The van der Waals surface area contributed by atoms with E-state index in [0.29, 0.717) is 22.9 Å². The molecule has 0 atom stereocenters. The van der Waals surface area contributed by atoms with E-state index in [1.165, 1.54) is 18.4 Å². The molecule has 8 nitrogen and oxygen atoms in total. The number of benzene rings is 2. The normalized spacial score (nSPS) is 11.9. The van der Waals surface area contributed by atoms with Crippen molar-refractivity contribution in [2.45, 2.75) is 10.6 Å². The number of nitrogens with zero attached hydrogens (tertiary/aromatic N) is 2. The summed E-state index contributed by atoms with van der Waals surface area (Å²) in [5.74, 6) is 0.266. The predicted octanol–water partition coefficient (Wildman–Crippen LogP) is 2.08. The van der Waals surface area contributed by atoms with Gasteiger partial charge in [0.1, 0.15) is 0 Å². The van der Waals surface area contributed by atoms with Crippen molar-refractivity contribution >= 4 is 31.5 Å². The smallest absolute Gasteiger partial charge is 0.238 e. The van der Waals surface area contributed by atoms with Crippen LogP contribution in [0.2, 0.25) is 0 Å². The second kappa shape index (κ2) is 7.66. The highest BCUT2D eigenvalue weighted by molar-refractivity contribution is 7.90. The van der Waals surface area contributed by atoms with Crippen LogP contribution in [0.15, 0.2) is 65.7 Å². The average molecular weight is 419 g/mol. The molecule has 2 aromatic carbocycles. The highest BCUT2D eigenvalue weighted by Crippen LogP contribution is 2.22. The lowest BCUT2D eigenvalue weighted by atomic mass is 10.1. The summed E-state index contributed by atoms with van der Waals surface area (Å²) < 4.78 is 45.6. The number of rotatable bonds is 6. The molecule has 28 heavy (non-hydrogen) atoms. The molecule has 1 aromatic heterocycles. The third-order valence-electron chi connectivity index (χ3n) is 3.75. The first-order valence-electron chi connectivity index (χ1n) is 8.10. The lowest BCUT2D eigenvalue weighted by Crippen LogP contribution is -2.11. The first-order chi connectivity index (χ1) is 13.1. The number of nitrogens with two attached hydrogens (primary N) is 1. The van der Waals surface area contributed by atoms with Crippen molar-refractivity contribution in [3.05, 3.63) is 66.4 Å². The van der Waals surface area contributed by atoms with Crippen LogP contribution in [-0.4, -0.2) is 33.1 Å². The molecule has 0 aliphatic rings. The van der Waals surface area contributed by atoms with E-state index in [1.807, 2.05) is 6.07 Å². The van der Waals surface area contributed by atoms with Crippen molar-refractivity contribution in [1.82, 2.24) is 9.97 Å².